The van der Waals surface area contributed by atoms with Crippen LogP contribution < -0.4 is 5.48 Å². The minimum absolute atomic E-state index is 0.140. The molecule has 1 N–H and O–H groups in total. The van der Waals surface area contributed by atoms with Crippen LogP contribution in [0, 0.1) is 0 Å². The number of nitrogens with one attached hydrogen (secondary N) is 1. The predicted octanol–water partition coefficient (Wildman–Crippen LogP) is 3.01. The van der Waals surface area contributed by atoms with Crippen molar-refractivity contribution in [3.05, 3.63) is 60.7 Å². The Labute approximate surface area is 108 Å². The number of anilines is 1. The Morgan fingerprint density at radius 3 is 2.95 bits per heavy atom. The largest absolute Gasteiger partial charge is 0.457 e. The number of benzene rings is 1. The molecule has 0 fully saturated rings. The summed E-state index contributed by atoms with van der Waals surface area (Å²) in [4.78, 5) is 20.7. The lowest BCUT2D eigenvalue weighted by Crippen LogP contribution is -2.10. The van der Waals surface area contributed by atoms with Crippen LogP contribution in [0.5, 0.6) is 0 Å². The van der Waals surface area contributed by atoms with Crippen LogP contribution in [0.25, 0.3) is 10.9 Å². The van der Waals surface area contributed by atoms with Crippen molar-refractivity contribution >= 4 is 22.6 Å². The molecule has 0 saturated heterocycles. The van der Waals surface area contributed by atoms with Crippen LogP contribution in [0.3, 0.4) is 0 Å². The number of hydrogen-bond donors (Lipinski definition) is 1. The van der Waals surface area contributed by atoms with Gasteiger partial charge in [-0.1, -0.05) is 18.2 Å². The number of hydrogen-bond acceptors (Lipinski definition) is 5. The van der Waals surface area contributed by atoms with E-state index in [0.29, 0.717) is 5.69 Å². The molecule has 0 saturated carbocycles. The summed E-state index contributed by atoms with van der Waals surface area (Å²) in [7, 11) is 0. The van der Waals surface area contributed by atoms with Crippen molar-refractivity contribution in [3.63, 3.8) is 0 Å². The molecule has 0 aliphatic carbocycles. The van der Waals surface area contributed by atoms with E-state index in [2.05, 4.69) is 10.5 Å². The summed E-state index contributed by atoms with van der Waals surface area (Å²) in [5.74, 6) is -0.445. The van der Waals surface area contributed by atoms with Crippen LogP contribution in [0.1, 0.15) is 10.6 Å². The molecule has 2 heterocycles. The maximum Gasteiger partial charge on any atom is 0.398 e. The van der Waals surface area contributed by atoms with E-state index < -0.39 is 5.97 Å². The Kier molecular flexibility index (Phi) is 2.86. The highest BCUT2D eigenvalue weighted by Crippen LogP contribution is 2.16. The summed E-state index contributed by atoms with van der Waals surface area (Å²) < 4.78 is 4.92. The number of fused-ring (bicyclic) bond motifs is 1. The van der Waals surface area contributed by atoms with Crippen molar-refractivity contribution in [2.45, 2.75) is 0 Å². The maximum absolute atomic E-state index is 11.5. The van der Waals surface area contributed by atoms with Crippen molar-refractivity contribution in [2.75, 3.05) is 5.48 Å². The van der Waals surface area contributed by atoms with E-state index in [1.54, 1.807) is 12.3 Å². The first-order valence-electron chi connectivity index (χ1n) is 5.68. The first-order chi connectivity index (χ1) is 9.33. The molecule has 3 rings (SSSR count). The number of furan rings is 1. The number of carbonyl (C=O) groups excluding carboxylic acids is 1. The van der Waals surface area contributed by atoms with E-state index in [0.717, 1.165) is 10.9 Å². The van der Waals surface area contributed by atoms with Gasteiger partial charge in [0.15, 0.2) is 0 Å². The number of carbonyl (C=O) groups is 1. The molecule has 94 valence electrons. The van der Waals surface area contributed by atoms with Crippen LogP contribution in [0.15, 0.2) is 59.3 Å². The molecule has 2 aromatic heterocycles. The summed E-state index contributed by atoms with van der Waals surface area (Å²) in [6.45, 7) is 0. The van der Waals surface area contributed by atoms with E-state index in [1.165, 1.54) is 12.3 Å². The van der Waals surface area contributed by atoms with Crippen LogP contribution in [0.2, 0.25) is 0 Å². The van der Waals surface area contributed by atoms with E-state index in [-0.39, 0.29) is 5.76 Å². The SMILES string of the molecule is O=C(ONc1cnc2ccccc2c1)c1ccco1. The summed E-state index contributed by atoms with van der Waals surface area (Å²) in [6.07, 6.45) is 3.01. The van der Waals surface area contributed by atoms with E-state index in [4.69, 9.17) is 9.25 Å². The average molecular weight is 254 g/mol. The maximum atomic E-state index is 11.5. The smallest absolute Gasteiger partial charge is 0.398 e. The Morgan fingerprint density at radius 2 is 2.11 bits per heavy atom. The van der Waals surface area contributed by atoms with Gasteiger partial charge in [0, 0.05) is 5.39 Å². The van der Waals surface area contributed by atoms with Crippen molar-refractivity contribution in [1.29, 1.82) is 0 Å². The van der Waals surface area contributed by atoms with Crippen molar-refractivity contribution < 1.29 is 14.0 Å². The van der Waals surface area contributed by atoms with Gasteiger partial charge in [0.1, 0.15) is 0 Å². The number of para-hydroxylation sites is 1. The molecule has 0 bridgehead atoms. The molecule has 5 nitrogen and oxygen atoms in total. The zero-order valence-corrected chi connectivity index (χ0v) is 9.87. The third-order valence-corrected chi connectivity index (χ3v) is 2.57. The molecule has 19 heavy (non-hydrogen) atoms. The Hall–Kier alpha value is -2.82. The highest BCUT2D eigenvalue weighted by Gasteiger charge is 2.10. The molecule has 5 heteroatoms. The van der Waals surface area contributed by atoms with Gasteiger partial charge < -0.3 is 9.25 Å². The number of pyridine rings is 1. The topological polar surface area (TPSA) is 64.4 Å². The zero-order valence-electron chi connectivity index (χ0n) is 9.87. The van der Waals surface area contributed by atoms with Crippen molar-refractivity contribution in [3.8, 4) is 0 Å². The molecule has 0 amide bonds. The third kappa shape index (κ3) is 2.40. The minimum atomic E-state index is -0.585. The Bertz CT molecular complexity index is 708. The predicted molar refractivity (Wildman–Crippen MR) is 69.5 cm³/mol. The van der Waals surface area contributed by atoms with Crippen LogP contribution in [0.4, 0.5) is 5.69 Å². The normalized spacial score (nSPS) is 10.3. The van der Waals surface area contributed by atoms with Gasteiger partial charge in [-0.05, 0) is 24.3 Å². The monoisotopic (exact) mass is 254 g/mol. The fourth-order valence-corrected chi connectivity index (χ4v) is 1.68. The first-order valence-corrected chi connectivity index (χ1v) is 5.68. The molecular formula is C14H10N2O3. The van der Waals surface area contributed by atoms with Gasteiger partial charge in [0.25, 0.3) is 0 Å². The number of aromatic nitrogens is 1. The van der Waals surface area contributed by atoms with Crippen molar-refractivity contribution in [1.82, 2.24) is 4.98 Å². The molecule has 0 aliphatic rings. The molecular weight excluding hydrogens is 244 g/mol. The van der Waals surface area contributed by atoms with Gasteiger partial charge in [-0.15, -0.1) is 0 Å². The van der Waals surface area contributed by atoms with Crippen molar-refractivity contribution in [2.24, 2.45) is 0 Å². The molecule has 0 aliphatic heterocycles. The summed E-state index contributed by atoms with van der Waals surface area (Å²) in [5.41, 5.74) is 4.03. The standard InChI is InChI=1S/C14H10N2O3/c17-14(13-6-3-7-18-13)19-16-11-8-10-4-1-2-5-12(10)15-9-11/h1-9,16H. The molecule has 0 unspecified atom stereocenters. The second-order valence-corrected chi connectivity index (χ2v) is 3.89. The van der Waals surface area contributed by atoms with Crippen LogP contribution >= 0.6 is 0 Å². The lowest BCUT2D eigenvalue weighted by molar-refractivity contribution is 0.0561. The van der Waals surface area contributed by atoms with E-state index in [1.807, 2.05) is 30.3 Å². The van der Waals surface area contributed by atoms with Gasteiger partial charge in [0.2, 0.25) is 5.76 Å². The lowest BCUT2D eigenvalue weighted by atomic mass is 10.2. The second kappa shape index (κ2) is 4.81. The van der Waals surface area contributed by atoms with Gasteiger partial charge in [-0.3, -0.25) is 4.98 Å². The summed E-state index contributed by atoms with van der Waals surface area (Å²) >= 11 is 0. The highest BCUT2D eigenvalue weighted by molar-refractivity contribution is 5.87. The van der Waals surface area contributed by atoms with Gasteiger partial charge in [-0.25, -0.2) is 10.3 Å². The highest BCUT2D eigenvalue weighted by atomic mass is 16.7. The Balaban J connectivity index is 1.73. The van der Waals surface area contributed by atoms with Gasteiger partial charge in [0.05, 0.1) is 23.7 Å². The average Bonchev–Trinajstić information content (AvgIpc) is 2.99. The summed E-state index contributed by atoms with van der Waals surface area (Å²) in [5, 5.41) is 0.960. The first kappa shape index (κ1) is 11.3. The number of nitrogens with zero attached hydrogens (tertiary/aromatic N) is 1. The number of rotatable bonds is 3. The molecule has 3 aromatic rings. The fraction of sp³-hybridized carbons (Fsp3) is 0. The van der Waals surface area contributed by atoms with Gasteiger partial charge >= 0.3 is 5.97 Å². The molecule has 1 aromatic carbocycles. The van der Waals surface area contributed by atoms with Crippen LogP contribution in [-0.2, 0) is 4.84 Å². The molecule has 0 atom stereocenters. The van der Waals surface area contributed by atoms with E-state index in [9.17, 15) is 4.79 Å². The summed E-state index contributed by atoms with van der Waals surface area (Å²) in [6, 6.07) is 12.7. The molecule has 0 spiro atoms. The van der Waals surface area contributed by atoms with E-state index >= 15 is 0 Å². The fourth-order valence-electron chi connectivity index (χ4n) is 1.68. The Morgan fingerprint density at radius 1 is 1.21 bits per heavy atom. The van der Waals surface area contributed by atoms with Gasteiger partial charge in [-0.2, -0.15) is 0 Å². The molecule has 0 radical (unpaired) electrons. The minimum Gasteiger partial charge on any atom is -0.457 e. The third-order valence-electron chi connectivity index (χ3n) is 2.57. The zero-order chi connectivity index (χ0) is 13.1. The quantitative estimate of drug-likeness (QED) is 0.728. The second-order valence-electron chi connectivity index (χ2n) is 3.89. The van der Waals surface area contributed by atoms with Crippen LogP contribution in [-0.4, -0.2) is 11.0 Å². The lowest BCUT2D eigenvalue weighted by Gasteiger charge is -2.06.